The lowest BCUT2D eigenvalue weighted by atomic mass is 10.2. The summed E-state index contributed by atoms with van der Waals surface area (Å²) in [5.41, 5.74) is 1.76. The van der Waals surface area contributed by atoms with E-state index in [2.05, 4.69) is 25.9 Å². The summed E-state index contributed by atoms with van der Waals surface area (Å²) in [5, 5.41) is 2.82. The van der Waals surface area contributed by atoms with Crippen LogP contribution in [0, 0.1) is 6.92 Å². The van der Waals surface area contributed by atoms with Gasteiger partial charge in [-0.05, 0) is 37.3 Å². The molecule has 0 N–H and O–H groups in total. The highest BCUT2D eigenvalue weighted by atomic mass is 79.9. The van der Waals surface area contributed by atoms with E-state index in [1.54, 1.807) is 6.08 Å². The monoisotopic (exact) mass is 348 g/mol. The predicted octanol–water partition coefficient (Wildman–Crippen LogP) is 3.56. The summed E-state index contributed by atoms with van der Waals surface area (Å²) in [5.74, 6) is -0.130. The maximum absolute atomic E-state index is 11.8. The van der Waals surface area contributed by atoms with Crippen molar-refractivity contribution in [2.45, 2.75) is 6.92 Å². The SMILES string of the molecule is Cc1nc(/C=C2/N=C(c3ccc(Br)cc3)OC2=O)cs1. The fourth-order valence-electron chi connectivity index (χ4n) is 1.71. The molecule has 0 saturated carbocycles. The van der Waals surface area contributed by atoms with Crippen molar-refractivity contribution >= 4 is 45.2 Å². The van der Waals surface area contributed by atoms with Crippen LogP contribution in [0.2, 0.25) is 0 Å². The maximum Gasteiger partial charge on any atom is 0.363 e. The number of aliphatic imine (C=N–C) groups is 1. The predicted molar refractivity (Wildman–Crippen MR) is 81.6 cm³/mol. The Morgan fingerprint density at radius 3 is 2.70 bits per heavy atom. The molecule has 0 radical (unpaired) electrons. The van der Waals surface area contributed by atoms with Crippen molar-refractivity contribution in [2.24, 2.45) is 4.99 Å². The molecule has 20 heavy (non-hydrogen) atoms. The number of ether oxygens (including phenoxy) is 1. The van der Waals surface area contributed by atoms with Gasteiger partial charge in [0.05, 0.1) is 10.7 Å². The molecule has 1 aliphatic rings. The molecule has 3 rings (SSSR count). The number of nitrogens with zero attached hydrogens (tertiary/aromatic N) is 2. The van der Waals surface area contributed by atoms with Crippen molar-refractivity contribution in [3.63, 3.8) is 0 Å². The smallest absolute Gasteiger partial charge is 0.363 e. The molecular formula is C14H9BrN2O2S. The van der Waals surface area contributed by atoms with E-state index in [0.717, 1.165) is 20.7 Å². The number of aromatic nitrogens is 1. The first kappa shape index (κ1) is 13.2. The Balaban J connectivity index is 1.92. The van der Waals surface area contributed by atoms with Gasteiger partial charge in [0, 0.05) is 15.4 Å². The zero-order valence-corrected chi connectivity index (χ0v) is 12.9. The van der Waals surface area contributed by atoms with Gasteiger partial charge in [0.1, 0.15) is 0 Å². The van der Waals surface area contributed by atoms with Gasteiger partial charge in [0.25, 0.3) is 0 Å². The quantitative estimate of drug-likeness (QED) is 0.615. The molecule has 1 aromatic heterocycles. The van der Waals surface area contributed by atoms with Crippen molar-refractivity contribution in [1.82, 2.24) is 4.98 Å². The Labute approximate surface area is 128 Å². The minimum absolute atomic E-state index is 0.271. The van der Waals surface area contributed by atoms with Crippen LogP contribution in [0.15, 0.2) is 44.8 Å². The first-order chi connectivity index (χ1) is 9.61. The van der Waals surface area contributed by atoms with E-state index in [1.807, 2.05) is 36.6 Å². The first-order valence-electron chi connectivity index (χ1n) is 5.82. The second kappa shape index (κ2) is 5.30. The summed E-state index contributed by atoms with van der Waals surface area (Å²) in [4.78, 5) is 20.3. The van der Waals surface area contributed by atoms with Gasteiger partial charge >= 0.3 is 5.97 Å². The minimum atomic E-state index is -0.450. The third-order valence-electron chi connectivity index (χ3n) is 2.63. The van der Waals surface area contributed by atoms with Gasteiger partial charge in [0.2, 0.25) is 5.90 Å². The number of esters is 1. The summed E-state index contributed by atoms with van der Waals surface area (Å²) in [7, 11) is 0. The molecule has 0 unspecified atom stereocenters. The number of benzene rings is 1. The van der Waals surface area contributed by atoms with Crippen LogP contribution in [-0.2, 0) is 9.53 Å². The molecular weight excluding hydrogens is 340 g/mol. The fourth-order valence-corrected chi connectivity index (χ4v) is 2.55. The summed E-state index contributed by atoms with van der Waals surface area (Å²) < 4.78 is 6.14. The standard InChI is InChI=1S/C14H9BrN2O2S/c1-8-16-11(7-20-8)6-12-14(18)19-13(17-12)9-2-4-10(15)5-3-9/h2-7H,1H3/b12-6+. The van der Waals surface area contributed by atoms with E-state index in [1.165, 1.54) is 11.3 Å². The van der Waals surface area contributed by atoms with Crippen LogP contribution in [0.5, 0.6) is 0 Å². The Hall–Kier alpha value is -1.79. The minimum Gasteiger partial charge on any atom is -0.402 e. The van der Waals surface area contributed by atoms with Gasteiger partial charge in [-0.1, -0.05) is 15.9 Å². The van der Waals surface area contributed by atoms with E-state index in [9.17, 15) is 4.79 Å². The number of carbonyl (C=O) groups excluding carboxylic acids is 1. The zero-order chi connectivity index (χ0) is 14.1. The second-order valence-electron chi connectivity index (χ2n) is 4.13. The van der Waals surface area contributed by atoms with Crippen molar-refractivity contribution in [3.05, 3.63) is 56.1 Å². The average Bonchev–Trinajstić information content (AvgIpc) is 2.98. The average molecular weight is 349 g/mol. The largest absolute Gasteiger partial charge is 0.402 e. The lowest BCUT2D eigenvalue weighted by Gasteiger charge is -1.98. The molecule has 0 aliphatic carbocycles. The van der Waals surface area contributed by atoms with Gasteiger partial charge in [-0.15, -0.1) is 11.3 Å². The van der Waals surface area contributed by atoms with Crippen LogP contribution < -0.4 is 0 Å². The number of hydrogen-bond acceptors (Lipinski definition) is 5. The van der Waals surface area contributed by atoms with E-state index in [-0.39, 0.29) is 5.70 Å². The number of halogens is 1. The fraction of sp³-hybridized carbons (Fsp3) is 0.0714. The highest BCUT2D eigenvalue weighted by Crippen LogP contribution is 2.21. The molecule has 1 aromatic carbocycles. The number of aryl methyl sites for hydroxylation is 1. The summed E-state index contributed by atoms with van der Waals surface area (Å²) in [6, 6.07) is 7.42. The Bertz CT molecular complexity index is 732. The number of hydrogen-bond donors (Lipinski definition) is 0. The van der Waals surface area contributed by atoms with Crippen molar-refractivity contribution < 1.29 is 9.53 Å². The molecule has 4 nitrogen and oxygen atoms in total. The summed E-state index contributed by atoms with van der Waals surface area (Å²) in [6.07, 6.45) is 1.64. The number of carbonyl (C=O) groups is 1. The molecule has 100 valence electrons. The van der Waals surface area contributed by atoms with Crippen LogP contribution >= 0.6 is 27.3 Å². The van der Waals surface area contributed by atoms with E-state index in [4.69, 9.17) is 4.74 Å². The molecule has 2 heterocycles. The van der Waals surface area contributed by atoms with Gasteiger partial charge in [0.15, 0.2) is 5.70 Å². The van der Waals surface area contributed by atoms with Crippen LogP contribution in [0.1, 0.15) is 16.3 Å². The van der Waals surface area contributed by atoms with Crippen molar-refractivity contribution in [2.75, 3.05) is 0 Å². The van der Waals surface area contributed by atoms with Crippen LogP contribution in [-0.4, -0.2) is 16.9 Å². The third kappa shape index (κ3) is 2.71. The van der Waals surface area contributed by atoms with Gasteiger partial charge in [-0.2, -0.15) is 0 Å². The number of thiazole rings is 1. The van der Waals surface area contributed by atoms with E-state index >= 15 is 0 Å². The van der Waals surface area contributed by atoms with Crippen LogP contribution in [0.3, 0.4) is 0 Å². The highest BCUT2D eigenvalue weighted by molar-refractivity contribution is 9.10. The maximum atomic E-state index is 11.8. The Morgan fingerprint density at radius 1 is 1.30 bits per heavy atom. The van der Waals surface area contributed by atoms with Gasteiger partial charge in [-0.3, -0.25) is 0 Å². The Kier molecular flexibility index (Phi) is 3.50. The molecule has 0 amide bonds. The van der Waals surface area contributed by atoms with Crippen molar-refractivity contribution in [3.8, 4) is 0 Å². The summed E-state index contributed by atoms with van der Waals surface area (Å²) in [6.45, 7) is 1.91. The highest BCUT2D eigenvalue weighted by Gasteiger charge is 2.24. The lowest BCUT2D eigenvalue weighted by Crippen LogP contribution is -2.05. The number of cyclic esters (lactones) is 1. The molecule has 1 aliphatic heterocycles. The normalized spacial score (nSPS) is 16.4. The molecule has 0 bridgehead atoms. The van der Waals surface area contributed by atoms with E-state index in [0.29, 0.717) is 5.90 Å². The van der Waals surface area contributed by atoms with Gasteiger partial charge < -0.3 is 4.74 Å². The van der Waals surface area contributed by atoms with E-state index < -0.39 is 5.97 Å². The molecule has 0 fully saturated rings. The molecule has 2 aromatic rings. The Morgan fingerprint density at radius 2 is 2.05 bits per heavy atom. The molecule has 0 spiro atoms. The van der Waals surface area contributed by atoms with Gasteiger partial charge in [-0.25, -0.2) is 14.8 Å². The van der Waals surface area contributed by atoms with Crippen molar-refractivity contribution in [1.29, 1.82) is 0 Å². The third-order valence-corrected chi connectivity index (χ3v) is 3.95. The van der Waals surface area contributed by atoms with Crippen LogP contribution in [0.25, 0.3) is 6.08 Å². The first-order valence-corrected chi connectivity index (χ1v) is 7.50. The molecule has 0 saturated heterocycles. The molecule has 6 heteroatoms. The number of rotatable bonds is 2. The zero-order valence-electron chi connectivity index (χ0n) is 10.5. The van der Waals surface area contributed by atoms with Crippen LogP contribution in [0.4, 0.5) is 0 Å². The topological polar surface area (TPSA) is 51.6 Å². The molecule has 0 atom stereocenters. The second-order valence-corrected chi connectivity index (χ2v) is 6.11. The lowest BCUT2D eigenvalue weighted by molar-refractivity contribution is -0.129. The summed E-state index contributed by atoms with van der Waals surface area (Å²) >= 11 is 4.88.